The van der Waals surface area contributed by atoms with Gasteiger partial charge in [-0.2, -0.15) is 0 Å². The highest BCUT2D eigenvalue weighted by molar-refractivity contribution is 9.09. The van der Waals surface area contributed by atoms with Crippen LogP contribution in [0.4, 0.5) is 0 Å². The molecule has 3 heterocycles. The molecule has 0 aromatic heterocycles. The Bertz CT molecular complexity index is 870. The van der Waals surface area contributed by atoms with Gasteiger partial charge in [-0.3, -0.25) is 14.4 Å². The number of alkyl halides is 1. The number of aliphatic hydroxyl groups excluding tert-OH is 1. The van der Waals surface area contributed by atoms with Crippen LogP contribution in [-0.4, -0.2) is 97.2 Å². The second-order valence-electron chi connectivity index (χ2n) is 10.8. The third kappa shape index (κ3) is 5.69. The van der Waals surface area contributed by atoms with Crippen LogP contribution in [0.5, 0.6) is 0 Å². The third-order valence-electron chi connectivity index (χ3n) is 8.00. The van der Waals surface area contributed by atoms with Crippen molar-refractivity contribution in [2.75, 3.05) is 32.8 Å². The van der Waals surface area contributed by atoms with E-state index >= 15 is 0 Å². The van der Waals surface area contributed by atoms with E-state index in [1.165, 1.54) is 0 Å². The number of unbranched alkanes of at least 4 members (excludes halogenated alkanes) is 3. The second-order valence-corrected chi connectivity index (χ2v) is 13.5. The minimum atomic E-state index is -0.626. The van der Waals surface area contributed by atoms with Crippen molar-refractivity contribution in [1.82, 2.24) is 14.7 Å². The van der Waals surface area contributed by atoms with Gasteiger partial charge in [0.05, 0.1) is 16.6 Å². The lowest BCUT2D eigenvalue weighted by Gasteiger charge is -2.39. The van der Waals surface area contributed by atoms with E-state index in [2.05, 4.69) is 29.1 Å². The summed E-state index contributed by atoms with van der Waals surface area (Å²) in [5, 5.41) is 9.09. The Morgan fingerprint density at radius 3 is 2.46 bits per heavy atom. The van der Waals surface area contributed by atoms with Crippen molar-refractivity contribution in [3.05, 3.63) is 25.3 Å². The fourth-order valence-corrected chi connectivity index (χ4v) is 10.1. The van der Waals surface area contributed by atoms with Gasteiger partial charge >= 0.3 is 0 Å². The van der Waals surface area contributed by atoms with E-state index in [4.69, 9.17) is 5.11 Å². The van der Waals surface area contributed by atoms with E-state index in [9.17, 15) is 14.4 Å². The smallest absolute Gasteiger partial charge is 0.247 e. The summed E-state index contributed by atoms with van der Waals surface area (Å²) in [6.45, 7) is 15.9. The summed E-state index contributed by atoms with van der Waals surface area (Å²) >= 11 is 5.55. The molecular weight excluding hydrogens is 554 g/mol. The first kappa shape index (κ1) is 30.2. The maximum absolute atomic E-state index is 14.2. The molecule has 3 amide bonds. The van der Waals surface area contributed by atoms with E-state index in [-0.39, 0.29) is 40.4 Å². The standard InChI is InChI=1S/C28H44BrN3O4S/c1-6-13-30(14-7-2)25(34)21-22-26(35)32(16-11-9-10-12-17-33)24(27(36)31(15-8-3)19(4)5)28(22)18-20(29)23(21)37-28/h6,8,19-24,33H,1,3,7,9-18H2,2,4-5H3/t20?,21-,22+,23-,24?,28?/m1/s1. The molecule has 3 aliphatic heterocycles. The maximum Gasteiger partial charge on any atom is 0.247 e. The number of halogens is 1. The van der Waals surface area contributed by atoms with Crippen LogP contribution in [0, 0.1) is 11.8 Å². The molecule has 1 N–H and O–H groups in total. The van der Waals surface area contributed by atoms with Crippen LogP contribution < -0.4 is 0 Å². The Morgan fingerprint density at radius 2 is 1.86 bits per heavy atom. The number of amides is 3. The van der Waals surface area contributed by atoms with Crippen LogP contribution in [0.1, 0.15) is 59.3 Å². The number of aliphatic hydroxyl groups is 1. The summed E-state index contributed by atoms with van der Waals surface area (Å²) in [4.78, 5) is 47.9. The Morgan fingerprint density at radius 1 is 1.19 bits per heavy atom. The molecular formula is C28H44BrN3O4S. The fraction of sp³-hybridized carbons (Fsp3) is 0.750. The first-order valence-electron chi connectivity index (χ1n) is 13.7. The van der Waals surface area contributed by atoms with E-state index in [0.717, 1.165) is 32.1 Å². The summed E-state index contributed by atoms with van der Waals surface area (Å²) in [7, 11) is 0. The third-order valence-corrected chi connectivity index (χ3v) is 11.2. The summed E-state index contributed by atoms with van der Waals surface area (Å²) in [6.07, 6.45) is 8.27. The molecule has 0 aromatic rings. The van der Waals surface area contributed by atoms with Crippen LogP contribution in [0.3, 0.4) is 0 Å². The minimum absolute atomic E-state index is 0.00595. The number of fused-ring (bicyclic) bond motifs is 1. The van der Waals surface area contributed by atoms with Crippen molar-refractivity contribution in [2.45, 2.75) is 86.2 Å². The van der Waals surface area contributed by atoms with Crippen molar-refractivity contribution >= 4 is 45.4 Å². The molecule has 3 aliphatic rings. The lowest BCUT2D eigenvalue weighted by molar-refractivity contribution is -0.145. The van der Waals surface area contributed by atoms with Gasteiger partial charge in [-0.05, 0) is 39.5 Å². The fourth-order valence-electron chi connectivity index (χ4n) is 6.46. The van der Waals surface area contributed by atoms with Crippen LogP contribution in [0.25, 0.3) is 0 Å². The minimum Gasteiger partial charge on any atom is -0.396 e. The van der Waals surface area contributed by atoms with E-state index in [1.807, 2.05) is 30.6 Å². The van der Waals surface area contributed by atoms with Gasteiger partial charge in [-0.1, -0.05) is 47.8 Å². The summed E-state index contributed by atoms with van der Waals surface area (Å²) in [6, 6.07) is -0.632. The lowest BCUT2D eigenvalue weighted by atomic mass is 9.70. The van der Waals surface area contributed by atoms with Gasteiger partial charge in [-0.25, -0.2) is 0 Å². The topological polar surface area (TPSA) is 81.2 Å². The van der Waals surface area contributed by atoms with Crippen LogP contribution in [0.2, 0.25) is 0 Å². The number of carbonyl (C=O) groups is 3. The Labute approximate surface area is 235 Å². The van der Waals surface area contributed by atoms with Crippen LogP contribution in [-0.2, 0) is 14.4 Å². The zero-order chi connectivity index (χ0) is 27.3. The van der Waals surface area contributed by atoms with Gasteiger partial charge in [0.25, 0.3) is 0 Å². The van der Waals surface area contributed by atoms with E-state index in [1.54, 1.807) is 28.8 Å². The van der Waals surface area contributed by atoms with Gasteiger partial charge in [0.15, 0.2) is 0 Å². The SMILES string of the molecule is C=CCN(CCC)C(=O)[C@H]1[C@@H]2SC3(CC2Br)C(C(=O)N(CC=C)C(C)C)N(CCCCCCO)C(=O)[C@H]13. The zero-order valence-corrected chi connectivity index (χ0v) is 25.0. The summed E-state index contributed by atoms with van der Waals surface area (Å²) in [5.74, 6) is -1.04. The highest BCUT2D eigenvalue weighted by atomic mass is 79.9. The van der Waals surface area contributed by atoms with Gasteiger partial charge in [-0.15, -0.1) is 24.9 Å². The van der Waals surface area contributed by atoms with Crippen molar-refractivity contribution in [3.63, 3.8) is 0 Å². The molecule has 0 aromatic carbocycles. The lowest BCUT2D eigenvalue weighted by Crippen LogP contribution is -2.57. The van der Waals surface area contributed by atoms with E-state index in [0.29, 0.717) is 32.6 Å². The normalized spacial score (nSPS) is 30.1. The second kappa shape index (κ2) is 13.2. The van der Waals surface area contributed by atoms with Crippen molar-refractivity contribution in [3.8, 4) is 0 Å². The largest absolute Gasteiger partial charge is 0.396 e. The van der Waals surface area contributed by atoms with Gasteiger partial charge in [0.1, 0.15) is 6.04 Å². The van der Waals surface area contributed by atoms with Gasteiger partial charge in [0.2, 0.25) is 17.7 Å². The quantitative estimate of drug-likeness (QED) is 0.176. The number of hydrogen-bond donors (Lipinski definition) is 1. The molecule has 0 saturated carbocycles. The molecule has 1 spiro atoms. The molecule has 6 atom stereocenters. The number of carbonyl (C=O) groups excluding carboxylic acids is 3. The molecule has 0 radical (unpaired) electrons. The highest BCUT2D eigenvalue weighted by Crippen LogP contribution is 2.68. The molecule has 0 aliphatic carbocycles. The molecule has 7 nitrogen and oxygen atoms in total. The first-order valence-corrected chi connectivity index (χ1v) is 15.5. The van der Waals surface area contributed by atoms with Crippen molar-refractivity contribution < 1.29 is 19.5 Å². The van der Waals surface area contributed by atoms with E-state index < -0.39 is 22.6 Å². The summed E-state index contributed by atoms with van der Waals surface area (Å²) < 4.78 is -0.626. The predicted octanol–water partition coefficient (Wildman–Crippen LogP) is 3.85. The first-order chi connectivity index (χ1) is 17.7. The van der Waals surface area contributed by atoms with Crippen LogP contribution >= 0.6 is 27.7 Å². The molecule has 3 saturated heterocycles. The number of nitrogens with zero attached hydrogens (tertiary/aromatic N) is 3. The van der Waals surface area contributed by atoms with Crippen molar-refractivity contribution in [2.24, 2.45) is 11.8 Å². The predicted molar refractivity (Wildman–Crippen MR) is 154 cm³/mol. The van der Waals surface area contributed by atoms with Crippen LogP contribution in [0.15, 0.2) is 25.3 Å². The molecule has 3 rings (SSSR count). The Kier molecular flexibility index (Phi) is 10.7. The monoisotopic (exact) mass is 597 g/mol. The molecule has 3 fully saturated rings. The molecule has 9 heteroatoms. The van der Waals surface area contributed by atoms with Gasteiger partial charge < -0.3 is 19.8 Å². The average molecular weight is 599 g/mol. The molecule has 3 unspecified atom stereocenters. The molecule has 208 valence electrons. The van der Waals surface area contributed by atoms with Gasteiger partial charge in [0, 0.05) is 48.9 Å². The summed E-state index contributed by atoms with van der Waals surface area (Å²) in [5.41, 5.74) is 0. The maximum atomic E-state index is 14.2. The highest BCUT2D eigenvalue weighted by Gasteiger charge is 2.76. The number of thioether (sulfide) groups is 1. The Balaban J connectivity index is 2.01. The Hall–Kier alpha value is -1.32. The number of rotatable bonds is 15. The average Bonchev–Trinajstić information content (AvgIpc) is 3.44. The van der Waals surface area contributed by atoms with Crippen molar-refractivity contribution in [1.29, 1.82) is 0 Å². The molecule has 2 bridgehead atoms. The number of hydrogen-bond acceptors (Lipinski definition) is 5. The molecule has 37 heavy (non-hydrogen) atoms. The zero-order valence-electron chi connectivity index (χ0n) is 22.6. The number of likely N-dealkylation sites (tertiary alicyclic amines) is 1.